The van der Waals surface area contributed by atoms with Crippen LogP contribution in [0.3, 0.4) is 0 Å². The Kier molecular flexibility index (Phi) is 4.65. The van der Waals surface area contributed by atoms with Crippen molar-refractivity contribution < 1.29 is 10.2 Å². The number of aromatic nitrogens is 1. The highest BCUT2D eigenvalue weighted by Gasteiger charge is 2.12. The summed E-state index contributed by atoms with van der Waals surface area (Å²) in [5.74, 6) is 0.136. The number of aliphatic hydroxyl groups is 1. The number of hydrogen-bond donors (Lipinski definition) is 3. The zero-order chi connectivity index (χ0) is 15.4. The lowest BCUT2D eigenvalue weighted by Gasteiger charge is -2.19. The Labute approximate surface area is 124 Å². The van der Waals surface area contributed by atoms with Crippen molar-refractivity contribution in [2.24, 2.45) is 0 Å². The van der Waals surface area contributed by atoms with E-state index in [1.807, 2.05) is 43.3 Å². The van der Waals surface area contributed by atoms with Crippen LogP contribution in [-0.4, -0.2) is 29.3 Å². The number of anilines is 2. The number of aliphatic hydroxyl groups excluding tert-OH is 1. The van der Waals surface area contributed by atoms with Gasteiger partial charge < -0.3 is 20.4 Å². The summed E-state index contributed by atoms with van der Waals surface area (Å²) >= 11 is 0. The number of benzene rings is 1. The lowest BCUT2D eigenvalue weighted by atomic mass is 10.1. The molecule has 0 spiro atoms. The Morgan fingerprint density at radius 1 is 1.24 bits per heavy atom. The van der Waals surface area contributed by atoms with E-state index in [2.05, 4.69) is 10.3 Å². The van der Waals surface area contributed by atoms with E-state index in [-0.39, 0.29) is 12.4 Å². The average molecular weight is 287 g/mol. The standard InChI is InChI=1S/C16H21N3O2/c1-11-16(21)13(12(10-20)8-17-11)9-18-14-6-4-5-7-15(14)19(2)3/h4-8,18,20-21H,9-10H2,1-3H3. The number of para-hydroxylation sites is 2. The molecule has 0 atom stereocenters. The number of nitrogens with zero attached hydrogens (tertiary/aromatic N) is 2. The summed E-state index contributed by atoms with van der Waals surface area (Å²) in [7, 11) is 3.96. The maximum Gasteiger partial charge on any atom is 0.142 e. The molecule has 0 aliphatic heterocycles. The predicted octanol–water partition coefficient (Wildman–Crippen LogP) is 2.27. The fourth-order valence-corrected chi connectivity index (χ4v) is 2.21. The van der Waals surface area contributed by atoms with Gasteiger partial charge >= 0.3 is 0 Å². The van der Waals surface area contributed by atoms with E-state index in [9.17, 15) is 10.2 Å². The van der Waals surface area contributed by atoms with Crippen LogP contribution < -0.4 is 10.2 Å². The number of rotatable bonds is 5. The molecular weight excluding hydrogens is 266 g/mol. The van der Waals surface area contributed by atoms with Crippen LogP contribution in [0, 0.1) is 6.92 Å². The molecule has 21 heavy (non-hydrogen) atoms. The van der Waals surface area contributed by atoms with Gasteiger partial charge in [0.15, 0.2) is 0 Å². The minimum atomic E-state index is -0.146. The first-order chi connectivity index (χ1) is 10.0. The first-order valence-corrected chi connectivity index (χ1v) is 6.82. The molecule has 0 unspecified atom stereocenters. The van der Waals surface area contributed by atoms with Crippen molar-refractivity contribution in [2.45, 2.75) is 20.1 Å². The summed E-state index contributed by atoms with van der Waals surface area (Å²) in [5.41, 5.74) is 3.91. The van der Waals surface area contributed by atoms with Gasteiger partial charge in [0, 0.05) is 38.0 Å². The lowest BCUT2D eigenvalue weighted by molar-refractivity contribution is 0.279. The molecule has 1 aromatic heterocycles. The summed E-state index contributed by atoms with van der Waals surface area (Å²) in [6, 6.07) is 7.94. The highest BCUT2D eigenvalue weighted by molar-refractivity contribution is 5.69. The minimum absolute atomic E-state index is 0.136. The number of pyridine rings is 1. The molecule has 0 radical (unpaired) electrons. The molecular formula is C16H21N3O2. The first-order valence-electron chi connectivity index (χ1n) is 6.82. The summed E-state index contributed by atoms with van der Waals surface area (Å²) in [4.78, 5) is 6.09. The molecule has 0 aliphatic rings. The molecule has 5 nitrogen and oxygen atoms in total. The van der Waals surface area contributed by atoms with Crippen molar-refractivity contribution in [1.82, 2.24) is 4.98 Å². The maximum atomic E-state index is 10.1. The third-order valence-electron chi connectivity index (χ3n) is 3.44. The van der Waals surface area contributed by atoms with Gasteiger partial charge in [-0.15, -0.1) is 0 Å². The van der Waals surface area contributed by atoms with Crippen molar-refractivity contribution in [3.05, 3.63) is 47.3 Å². The van der Waals surface area contributed by atoms with Gasteiger partial charge in [-0.1, -0.05) is 12.1 Å². The van der Waals surface area contributed by atoms with Crippen molar-refractivity contribution in [3.8, 4) is 5.75 Å². The second-order valence-electron chi connectivity index (χ2n) is 5.12. The third kappa shape index (κ3) is 3.25. The molecule has 3 N–H and O–H groups in total. The van der Waals surface area contributed by atoms with E-state index in [4.69, 9.17) is 0 Å². The molecule has 1 aromatic carbocycles. The normalized spacial score (nSPS) is 10.5. The number of nitrogens with one attached hydrogen (secondary N) is 1. The van der Waals surface area contributed by atoms with Gasteiger partial charge in [0.1, 0.15) is 5.75 Å². The molecule has 0 aliphatic carbocycles. The molecule has 0 amide bonds. The molecule has 0 saturated heterocycles. The molecule has 112 valence electrons. The van der Waals surface area contributed by atoms with Crippen LogP contribution in [0.5, 0.6) is 5.75 Å². The fourth-order valence-electron chi connectivity index (χ4n) is 2.21. The lowest BCUT2D eigenvalue weighted by Crippen LogP contribution is -2.12. The van der Waals surface area contributed by atoms with Gasteiger partial charge in [0.25, 0.3) is 0 Å². The Morgan fingerprint density at radius 2 is 1.95 bits per heavy atom. The minimum Gasteiger partial charge on any atom is -0.506 e. The van der Waals surface area contributed by atoms with Crippen molar-refractivity contribution in [3.63, 3.8) is 0 Å². The second-order valence-corrected chi connectivity index (χ2v) is 5.12. The SMILES string of the molecule is Cc1ncc(CO)c(CNc2ccccc2N(C)C)c1O. The Morgan fingerprint density at radius 3 is 2.62 bits per heavy atom. The van der Waals surface area contributed by atoms with Crippen LogP contribution in [-0.2, 0) is 13.2 Å². The first kappa shape index (κ1) is 15.1. The van der Waals surface area contributed by atoms with Crippen LogP contribution in [0.15, 0.2) is 30.5 Å². The van der Waals surface area contributed by atoms with E-state index in [1.54, 1.807) is 13.1 Å². The van der Waals surface area contributed by atoms with Gasteiger partial charge in [0.2, 0.25) is 0 Å². The van der Waals surface area contributed by atoms with E-state index in [0.29, 0.717) is 23.4 Å². The quantitative estimate of drug-likeness (QED) is 0.787. The van der Waals surface area contributed by atoms with Crippen LogP contribution in [0.1, 0.15) is 16.8 Å². The largest absolute Gasteiger partial charge is 0.506 e. The topological polar surface area (TPSA) is 68.6 Å². The van der Waals surface area contributed by atoms with E-state index < -0.39 is 0 Å². The molecule has 0 fully saturated rings. The van der Waals surface area contributed by atoms with Gasteiger partial charge in [-0.05, 0) is 19.1 Å². The molecule has 2 rings (SSSR count). The van der Waals surface area contributed by atoms with Crippen molar-refractivity contribution >= 4 is 11.4 Å². The molecule has 0 bridgehead atoms. The van der Waals surface area contributed by atoms with E-state index >= 15 is 0 Å². The number of aryl methyl sites for hydroxylation is 1. The van der Waals surface area contributed by atoms with Crippen molar-refractivity contribution in [1.29, 1.82) is 0 Å². The van der Waals surface area contributed by atoms with Gasteiger partial charge in [-0.25, -0.2) is 0 Å². The van der Waals surface area contributed by atoms with Crippen molar-refractivity contribution in [2.75, 3.05) is 24.3 Å². The molecule has 2 aromatic rings. The third-order valence-corrected chi connectivity index (χ3v) is 3.44. The molecule has 0 saturated carbocycles. The number of hydrogen-bond acceptors (Lipinski definition) is 5. The highest BCUT2D eigenvalue weighted by atomic mass is 16.3. The smallest absolute Gasteiger partial charge is 0.142 e. The Bertz CT molecular complexity index is 627. The summed E-state index contributed by atoms with van der Waals surface area (Å²) in [6.07, 6.45) is 1.60. The maximum absolute atomic E-state index is 10.1. The average Bonchev–Trinajstić information content (AvgIpc) is 2.49. The van der Waals surface area contributed by atoms with Gasteiger partial charge in [0.05, 0.1) is 23.7 Å². The monoisotopic (exact) mass is 287 g/mol. The van der Waals surface area contributed by atoms with Crippen LogP contribution in [0.25, 0.3) is 0 Å². The van der Waals surface area contributed by atoms with Crippen LogP contribution >= 0.6 is 0 Å². The predicted molar refractivity (Wildman–Crippen MR) is 84.7 cm³/mol. The van der Waals surface area contributed by atoms with E-state index in [1.165, 1.54) is 0 Å². The van der Waals surface area contributed by atoms with Gasteiger partial charge in [-0.3, -0.25) is 4.98 Å². The summed E-state index contributed by atoms with van der Waals surface area (Å²) in [6.45, 7) is 2.02. The highest BCUT2D eigenvalue weighted by Crippen LogP contribution is 2.28. The zero-order valence-electron chi connectivity index (χ0n) is 12.6. The summed E-state index contributed by atoms with van der Waals surface area (Å²) < 4.78 is 0. The van der Waals surface area contributed by atoms with Gasteiger partial charge in [-0.2, -0.15) is 0 Å². The second kappa shape index (κ2) is 6.45. The van der Waals surface area contributed by atoms with E-state index in [0.717, 1.165) is 11.4 Å². The van der Waals surface area contributed by atoms with Crippen LogP contribution in [0.4, 0.5) is 11.4 Å². The molecule has 5 heteroatoms. The Hall–Kier alpha value is -2.27. The molecule has 1 heterocycles. The summed E-state index contributed by atoms with van der Waals surface area (Å²) in [5, 5.41) is 22.8. The Balaban J connectivity index is 2.27. The fraction of sp³-hybridized carbons (Fsp3) is 0.312. The number of aromatic hydroxyl groups is 1. The zero-order valence-corrected chi connectivity index (χ0v) is 12.6. The van der Waals surface area contributed by atoms with Crippen LogP contribution in [0.2, 0.25) is 0 Å².